The van der Waals surface area contributed by atoms with Gasteiger partial charge in [-0.05, 0) is 86.5 Å². The molecule has 0 aliphatic heterocycles. The Kier molecular flexibility index (Phi) is 4.19. The van der Waals surface area contributed by atoms with Crippen molar-refractivity contribution in [3.63, 3.8) is 0 Å². The summed E-state index contributed by atoms with van der Waals surface area (Å²) in [5.74, 6) is 4.89. The zero-order chi connectivity index (χ0) is 14.3. The maximum Gasteiger partial charge on any atom is 0.0121 e. The first-order valence-corrected chi connectivity index (χ1v) is 9.27. The molecule has 0 aromatic heterocycles. The van der Waals surface area contributed by atoms with Crippen LogP contribution in [0.1, 0.15) is 72.6 Å². The Bertz CT molecular complexity index is 297. The molecule has 4 rings (SSSR count). The van der Waals surface area contributed by atoms with Gasteiger partial charge >= 0.3 is 0 Å². The van der Waals surface area contributed by atoms with E-state index in [0.717, 1.165) is 35.6 Å². The predicted octanol–water partition coefficient (Wildman–Crippen LogP) is 4.86. The van der Waals surface area contributed by atoms with E-state index >= 15 is 0 Å². The van der Waals surface area contributed by atoms with Crippen LogP contribution in [0.25, 0.3) is 0 Å². The van der Waals surface area contributed by atoms with Gasteiger partial charge in [0.05, 0.1) is 0 Å². The van der Waals surface area contributed by atoms with Gasteiger partial charge in [0.15, 0.2) is 0 Å². The van der Waals surface area contributed by atoms with Crippen molar-refractivity contribution in [1.82, 2.24) is 5.32 Å². The Morgan fingerprint density at radius 3 is 1.85 bits per heavy atom. The monoisotopic (exact) mass is 277 g/mol. The largest absolute Gasteiger partial charge is 0.313 e. The van der Waals surface area contributed by atoms with Gasteiger partial charge in [0, 0.05) is 6.04 Å². The smallest absolute Gasteiger partial charge is 0.0121 e. The highest BCUT2D eigenvalue weighted by Crippen LogP contribution is 2.63. The van der Waals surface area contributed by atoms with Gasteiger partial charge in [-0.25, -0.2) is 0 Å². The molecular formula is C19H35N. The van der Waals surface area contributed by atoms with Crippen LogP contribution in [-0.4, -0.2) is 12.6 Å². The highest BCUT2D eigenvalue weighted by molar-refractivity contribution is 5.05. The van der Waals surface area contributed by atoms with Gasteiger partial charge in [-0.3, -0.25) is 0 Å². The maximum atomic E-state index is 3.89. The lowest BCUT2D eigenvalue weighted by atomic mass is 9.45. The van der Waals surface area contributed by atoms with E-state index in [1.165, 1.54) is 13.0 Å². The molecule has 2 unspecified atom stereocenters. The molecule has 20 heavy (non-hydrogen) atoms. The summed E-state index contributed by atoms with van der Waals surface area (Å²) >= 11 is 0. The minimum Gasteiger partial charge on any atom is -0.313 e. The highest BCUT2D eigenvalue weighted by Gasteiger charge is 2.54. The molecule has 116 valence electrons. The molecule has 0 saturated heterocycles. The zero-order valence-electron chi connectivity index (χ0n) is 14.1. The van der Waals surface area contributed by atoms with E-state index in [1.54, 1.807) is 38.5 Å². The van der Waals surface area contributed by atoms with Crippen molar-refractivity contribution in [3.05, 3.63) is 0 Å². The van der Waals surface area contributed by atoms with E-state index in [9.17, 15) is 0 Å². The number of nitrogens with one attached hydrogen (secondary N) is 1. The average molecular weight is 277 g/mol. The van der Waals surface area contributed by atoms with E-state index in [2.05, 4.69) is 33.0 Å². The minimum absolute atomic E-state index is 0.699. The molecule has 1 N–H and O–H groups in total. The third kappa shape index (κ3) is 2.56. The van der Waals surface area contributed by atoms with Gasteiger partial charge in [-0.2, -0.15) is 0 Å². The molecule has 1 heteroatoms. The van der Waals surface area contributed by atoms with Crippen LogP contribution in [0.3, 0.4) is 0 Å². The molecule has 0 heterocycles. The van der Waals surface area contributed by atoms with Crippen molar-refractivity contribution in [3.8, 4) is 0 Å². The lowest BCUT2D eigenvalue weighted by Crippen LogP contribution is -2.55. The van der Waals surface area contributed by atoms with Crippen LogP contribution in [0.2, 0.25) is 0 Å². The third-order valence-corrected chi connectivity index (χ3v) is 6.94. The van der Waals surface area contributed by atoms with Crippen LogP contribution in [-0.2, 0) is 0 Å². The molecule has 4 aliphatic carbocycles. The Balaban J connectivity index is 1.76. The van der Waals surface area contributed by atoms with E-state index < -0.39 is 0 Å². The van der Waals surface area contributed by atoms with Gasteiger partial charge in [-0.1, -0.05) is 27.7 Å². The van der Waals surface area contributed by atoms with E-state index in [1.807, 2.05) is 0 Å². The molecule has 2 atom stereocenters. The van der Waals surface area contributed by atoms with Crippen LogP contribution in [0.4, 0.5) is 0 Å². The fraction of sp³-hybridized carbons (Fsp3) is 1.00. The fourth-order valence-corrected chi connectivity index (χ4v) is 6.42. The molecule has 0 aromatic carbocycles. The Hall–Kier alpha value is -0.0400. The average Bonchev–Trinajstić information content (AvgIpc) is 2.37. The lowest BCUT2D eigenvalue weighted by Gasteiger charge is -2.60. The number of hydrogen-bond acceptors (Lipinski definition) is 1. The molecule has 0 amide bonds. The van der Waals surface area contributed by atoms with Gasteiger partial charge in [0.25, 0.3) is 0 Å². The van der Waals surface area contributed by atoms with Crippen molar-refractivity contribution in [1.29, 1.82) is 0 Å². The Morgan fingerprint density at radius 1 is 0.950 bits per heavy atom. The van der Waals surface area contributed by atoms with Gasteiger partial charge in [0.1, 0.15) is 0 Å². The topological polar surface area (TPSA) is 12.0 Å². The summed E-state index contributed by atoms with van der Waals surface area (Å²) in [6.07, 6.45) is 10.6. The first kappa shape index (κ1) is 14.9. The van der Waals surface area contributed by atoms with Crippen LogP contribution < -0.4 is 5.32 Å². The Labute approximate surface area is 126 Å². The second-order valence-electron chi connectivity index (χ2n) is 8.79. The standard InChI is InChI=1S/C19H35N/c1-5-6-20-18(13(2)3)14(4)19-10-15-7-16(11-19)9-17(8-15)12-19/h13-18,20H,5-12H2,1-4H3. The summed E-state index contributed by atoms with van der Waals surface area (Å²) in [6.45, 7) is 10.9. The van der Waals surface area contributed by atoms with Crippen LogP contribution >= 0.6 is 0 Å². The van der Waals surface area contributed by atoms with E-state index in [-0.39, 0.29) is 0 Å². The molecule has 0 radical (unpaired) electrons. The second kappa shape index (κ2) is 5.63. The summed E-state index contributed by atoms with van der Waals surface area (Å²) in [5, 5.41) is 3.89. The minimum atomic E-state index is 0.699. The highest BCUT2D eigenvalue weighted by atomic mass is 14.9. The summed E-state index contributed by atoms with van der Waals surface area (Å²) in [7, 11) is 0. The maximum absolute atomic E-state index is 3.89. The molecule has 4 bridgehead atoms. The number of rotatable bonds is 6. The molecule has 1 nitrogen and oxygen atoms in total. The van der Waals surface area contributed by atoms with Crippen molar-refractivity contribution < 1.29 is 0 Å². The molecule has 4 saturated carbocycles. The molecule has 0 spiro atoms. The fourth-order valence-electron chi connectivity index (χ4n) is 6.42. The first-order chi connectivity index (χ1) is 9.54. The molecular weight excluding hydrogens is 242 g/mol. The van der Waals surface area contributed by atoms with Gasteiger partial charge < -0.3 is 5.32 Å². The normalized spacial score (nSPS) is 42.1. The van der Waals surface area contributed by atoms with Crippen molar-refractivity contribution >= 4 is 0 Å². The van der Waals surface area contributed by atoms with Crippen molar-refractivity contribution in [2.45, 2.75) is 78.7 Å². The molecule has 4 fully saturated rings. The first-order valence-electron chi connectivity index (χ1n) is 9.27. The van der Waals surface area contributed by atoms with Gasteiger partial charge in [0.2, 0.25) is 0 Å². The zero-order valence-corrected chi connectivity index (χ0v) is 14.1. The van der Waals surface area contributed by atoms with Crippen LogP contribution in [0, 0.1) is 35.0 Å². The van der Waals surface area contributed by atoms with Crippen molar-refractivity contribution in [2.75, 3.05) is 6.54 Å². The van der Waals surface area contributed by atoms with Crippen LogP contribution in [0.5, 0.6) is 0 Å². The second-order valence-corrected chi connectivity index (χ2v) is 8.79. The molecule has 0 aromatic rings. The van der Waals surface area contributed by atoms with E-state index in [4.69, 9.17) is 0 Å². The number of hydrogen-bond donors (Lipinski definition) is 1. The van der Waals surface area contributed by atoms with Crippen molar-refractivity contribution in [2.24, 2.45) is 35.0 Å². The SMILES string of the molecule is CCCNC(C(C)C)C(C)C12CC3CC(CC(C3)C1)C2. The van der Waals surface area contributed by atoms with Gasteiger partial charge in [-0.15, -0.1) is 0 Å². The summed E-state index contributed by atoms with van der Waals surface area (Å²) in [5.41, 5.74) is 0.699. The predicted molar refractivity (Wildman–Crippen MR) is 86.7 cm³/mol. The summed E-state index contributed by atoms with van der Waals surface area (Å²) in [6, 6.07) is 0.728. The van der Waals surface area contributed by atoms with Crippen LogP contribution in [0.15, 0.2) is 0 Å². The quantitative estimate of drug-likeness (QED) is 0.731. The lowest BCUT2D eigenvalue weighted by molar-refractivity contribution is -0.0942. The Morgan fingerprint density at radius 2 is 1.45 bits per heavy atom. The third-order valence-electron chi connectivity index (χ3n) is 6.94. The summed E-state index contributed by atoms with van der Waals surface area (Å²) in [4.78, 5) is 0. The molecule has 4 aliphatic rings. The van der Waals surface area contributed by atoms with E-state index in [0.29, 0.717) is 5.41 Å². The summed E-state index contributed by atoms with van der Waals surface area (Å²) < 4.78 is 0.